The molecule has 1 amide bonds. The number of benzene rings is 2. The van der Waals surface area contributed by atoms with Gasteiger partial charge < -0.3 is 5.32 Å². The van der Waals surface area contributed by atoms with Crippen molar-refractivity contribution in [3.63, 3.8) is 0 Å². The number of nitrogens with zero attached hydrogens (tertiary/aromatic N) is 3. The molecule has 0 saturated carbocycles. The van der Waals surface area contributed by atoms with Gasteiger partial charge in [-0.05, 0) is 65.6 Å². The monoisotopic (exact) mass is 414 g/mol. The lowest BCUT2D eigenvalue weighted by molar-refractivity contribution is -0.114. The standard InChI is InChI=1S/C19H19FN4O.C6H4/c1-3-12-24-19(22-13(2)25)17(14-8-10-21-11-9-14)18(23-24)15-4-6-16(20)7-5-15;1-2-5-4-6(5)3-1/h4-11H,3,12H2,1-2H3,(H,22,25);1-4H. The smallest absolute Gasteiger partial charge is 0.222 e. The quantitative estimate of drug-likeness (QED) is 0.396. The molecule has 0 saturated heterocycles. The maximum absolute atomic E-state index is 13.3. The normalized spacial score (nSPS) is 10.8. The van der Waals surface area contributed by atoms with Crippen LogP contribution in [0.15, 0.2) is 73.1 Å². The molecular weight excluding hydrogens is 391 g/mol. The Morgan fingerprint density at radius 3 is 2.16 bits per heavy atom. The summed E-state index contributed by atoms with van der Waals surface area (Å²) in [4.78, 5) is 15.8. The van der Waals surface area contributed by atoms with E-state index in [-0.39, 0.29) is 11.7 Å². The number of halogens is 1. The summed E-state index contributed by atoms with van der Waals surface area (Å²) in [5.41, 5.74) is 6.03. The lowest BCUT2D eigenvalue weighted by Gasteiger charge is -2.09. The molecule has 31 heavy (non-hydrogen) atoms. The molecule has 0 fully saturated rings. The molecule has 5 rings (SSSR count). The highest BCUT2D eigenvalue weighted by Crippen LogP contribution is 2.38. The number of hydrogen-bond acceptors (Lipinski definition) is 3. The average Bonchev–Trinajstić information content (AvgIpc) is 3.21. The van der Waals surface area contributed by atoms with Crippen LogP contribution in [0.5, 0.6) is 0 Å². The van der Waals surface area contributed by atoms with E-state index in [1.165, 1.54) is 30.2 Å². The number of hydrogen-bond donors (Lipinski definition) is 1. The molecule has 1 aromatic carbocycles. The zero-order chi connectivity index (χ0) is 21.8. The van der Waals surface area contributed by atoms with Gasteiger partial charge in [0, 0.05) is 31.4 Å². The second-order valence-electron chi connectivity index (χ2n) is 7.30. The molecular formula is C25H23FN4O. The molecule has 1 N–H and O–H groups in total. The maximum Gasteiger partial charge on any atom is 0.222 e. The van der Waals surface area contributed by atoms with Gasteiger partial charge in [-0.2, -0.15) is 5.10 Å². The minimum atomic E-state index is -0.302. The molecule has 0 aliphatic heterocycles. The van der Waals surface area contributed by atoms with Crippen LogP contribution in [0.4, 0.5) is 10.2 Å². The summed E-state index contributed by atoms with van der Waals surface area (Å²) >= 11 is 0. The van der Waals surface area contributed by atoms with Crippen molar-refractivity contribution in [3.8, 4) is 33.5 Å². The van der Waals surface area contributed by atoms with Crippen molar-refractivity contribution in [2.45, 2.75) is 26.8 Å². The zero-order valence-electron chi connectivity index (χ0n) is 17.5. The third-order valence-electron chi connectivity index (χ3n) is 4.88. The van der Waals surface area contributed by atoms with Crippen LogP contribution in [0.2, 0.25) is 0 Å². The molecule has 0 radical (unpaired) electrons. The summed E-state index contributed by atoms with van der Waals surface area (Å²) in [6.45, 7) is 4.18. The molecule has 2 heterocycles. The van der Waals surface area contributed by atoms with Gasteiger partial charge in [-0.3, -0.25) is 9.78 Å². The van der Waals surface area contributed by atoms with Crippen LogP contribution in [0, 0.1) is 5.82 Å². The van der Waals surface area contributed by atoms with Gasteiger partial charge >= 0.3 is 0 Å². The minimum Gasteiger partial charge on any atom is -0.311 e. The largest absolute Gasteiger partial charge is 0.311 e. The van der Waals surface area contributed by atoms with E-state index in [4.69, 9.17) is 0 Å². The zero-order valence-corrected chi connectivity index (χ0v) is 17.5. The Labute approximate surface area is 180 Å². The highest BCUT2D eigenvalue weighted by atomic mass is 19.1. The van der Waals surface area contributed by atoms with E-state index in [2.05, 4.69) is 39.7 Å². The van der Waals surface area contributed by atoms with Crippen LogP contribution in [-0.2, 0) is 11.3 Å². The van der Waals surface area contributed by atoms with E-state index < -0.39 is 0 Å². The van der Waals surface area contributed by atoms with Crippen LogP contribution in [-0.4, -0.2) is 20.7 Å². The molecule has 2 aliphatic rings. The fourth-order valence-electron chi connectivity index (χ4n) is 3.41. The number of aromatic nitrogens is 3. The van der Waals surface area contributed by atoms with E-state index in [0.717, 1.165) is 23.1 Å². The van der Waals surface area contributed by atoms with Crippen LogP contribution < -0.4 is 5.32 Å². The van der Waals surface area contributed by atoms with Crippen molar-refractivity contribution in [1.29, 1.82) is 0 Å². The second kappa shape index (κ2) is 8.92. The predicted molar refractivity (Wildman–Crippen MR) is 121 cm³/mol. The van der Waals surface area contributed by atoms with Crippen molar-refractivity contribution in [1.82, 2.24) is 14.8 Å². The Morgan fingerprint density at radius 1 is 0.968 bits per heavy atom. The number of amides is 1. The lowest BCUT2D eigenvalue weighted by Crippen LogP contribution is -2.12. The van der Waals surface area contributed by atoms with E-state index in [0.29, 0.717) is 18.1 Å². The number of pyridine rings is 1. The van der Waals surface area contributed by atoms with Crippen LogP contribution in [0.1, 0.15) is 20.3 Å². The van der Waals surface area contributed by atoms with Crippen molar-refractivity contribution in [2.24, 2.45) is 0 Å². The van der Waals surface area contributed by atoms with E-state index >= 15 is 0 Å². The molecule has 6 heteroatoms. The van der Waals surface area contributed by atoms with Crippen LogP contribution in [0.25, 0.3) is 33.5 Å². The highest BCUT2D eigenvalue weighted by molar-refractivity contribution is 5.97. The minimum absolute atomic E-state index is 0.168. The van der Waals surface area contributed by atoms with Crippen molar-refractivity contribution < 1.29 is 9.18 Å². The van der Waals surface area contributed by atoms with Gasteiger partial charge in [0.15, 0.2) is 0 Å². The number of anilines is 1. The van der Waals surface area contributed by atoms with Gasteiger partial charge in [0.2, 0.25) is 5.91 Å². The SMILES string of the molecule is CCCn1nc(-c2ccc(F)cc2)c(-c2ccncc2)c1NC(C)=O.c1cc2cc-2c1. The van der Waals surface area contributed by atoms with Gasteiger partial charge in [0.25, 0.3) is 0 Å². The summed E-state index contributed by atoms with van der Waals surface area (Å²) < 4.78 is 15.1. The number of rotatable bonds is 5. The van der Waals surface area contributed by atoms with E-state index in [1.54, 1.807) is 29.2 Å². The molecule has 0 bridgehead atoms. The Hall–Kier alpha value is -3.80. The number of fused-ring (bicyclic) bond motifs is 1. The molecule has 5 nitrogen and oxygen atoms in total. The van der Waals surface area contributed by atoms with Crippen LogP contribution >= 0.6 is 0 Å². The Balaban J connectivity index is 0.000000325. The first-order valence-electron chi connectivity index (χ1n) is 10.2. The molecule has 3 aromatic rings. The fourth-order valence-corrected chi connectivity index (χ4v) is 3.41. The Kier molecular flexibility index (Phi) is 5.89. The van der Waals surface area contributed by atoms with Gasteiger partial charge in [-0.25, -0.2) is 9.07 Å². The summed E-state index contributed by atoms with van der Waals surface area (Å²) in [7, 11) is 0. The first-order chi connectivity index (χ1) is 15.1. The highest BCUT2D eigenvalue weighted by Gasteiger charge is 2.21. The molecule has 0 atom stereocenters. The first-order valence-corrected chi connectivity index (χ1v) is 10.2. The van der Waals surface area contributed by atoms with Gasteiger partial charge in [0.1, 0.15) is 17.3 Å². The summed E-state index contributed by atoms with van der Waals surface area (Å²) in [5.74, 6) is 0.169. The van der Waals surface area contributed by atoms with E-state index in [9.17, 15) is 9.18 Å². The lowest BCUT2D eigenvalue weighted by atomic mass is 10.0. The van der Waals surface area contributed by atoms with Gasteiger partial charge in [-0.15, -0.1) is 0 Å². The predicted octanol–water partition coefficient (Wildman–Crippen LogP) is 5.79. The Morgan fingerprint density at radius 2 is 1.65 bits per heavy atom. The number of carbonyl (C=O) groups excluding carboxylic acids is 1. The van der Waals surface area contributed by atoms with Crippen molar-refractivity contribution >= 4 is 11.7 Å². The first kappa shape index (κ1) is 20.5. The third-order valence-corrected chi connectivity index (χ3v) is 4.88. The molecule has 156 valence electrons. The molecule has 2 aromatic heterocycles. The topological polar surface area (TPSA) is 59.8 Å². The average molecular weight is 414 g/mol. The Bertz CT molecular complexity index is 1180. The maximum atomic E-state index is 13.3. The van der Waals surface area contributed by atoms with Gasteiger partial charge in [0.05, 0.1) is 5.56 Å². The summed E-state index contributed by atoms with van der Waals surface area (Å²) in [6, 6.07) is 18.4. The van der Waals surface area contributed by atoms with E-state index in [1.807, 2.05) is 19.1 Å². The third kappa shape index (κ3) is 4.69. The molecule has 0 spiro atoms. The molecule has 2 aliphatic carbocycles. The van der Waals surface area contributed by atoms with Crippen molar-refractivity contribution in [2.75, 3.05) is 5.32 Å². The number of nitrogens with one attached hydrogen (secondary N) is 1. The van der Waals surface area contributed by atoms with Gasteiger partial charge in [-0.1, -0.05) is 25.1 Å². The molecule has 0 unspecified atom stereocenters. The second-order valence-corrected chi connectivity index (χ2v) is 7.30. The fraction of sp³-hybridized carbons (Fsp3) is 0.160. The summed E-state index contributed by atoms with van der Waals surface area (Å²) in [5, 5.41) is 7.58. The number of carbonyl (C=O) groups is 1. The van der Waals surface area contributed by atoms with Crippen molar-refractivity contribution in [3.05, 3.63) is 78.9 Å². The van der Waals surface area contributed by atoms with Crippen LogP contribution in [0.3, 0.4) is 0 Å². The number of aryl methyl sites for hydroxylation is 1. The summed E-state index contributed by atoms with van der Waals surface area (Å²) in [6.07, 6.45) is 4.25.